The number of fused-ring (bicyclic) bond motifs is 1. The van der Waals surface area contributed by atoms with Gasteiger partial charge in [-0.3, -0.25) is 9.59 Å². The predicted octanol–water partition coefficient (Wildman–Crippen LogP) is 3.12. The van der Waals surface area contributed by atoms with Gasteiger partial charge < -0.3 is 16.0 Å². The lowest BCUT2D eigenvalue weighted by molar-refractivity contribution is -0.125. The largest absolute Gasteiger partial charge is 0.380 e. The van der Waals surface area contributed by atoms with Crippen LogP contribution in [0.15, 0.2) is 36.8 Å². The van der Waals surface area contributed by atoms with Gasteiger partial charge >= 0.3 is 0 Å². The van der Waals surface area contributed by atoms with E-state index in [1.165, 1.54) is 0 Å². The van der Waals surface area contributed by atoms with Crippen molar-refractivity contribution in [3.8, 4) is 17.2 Å². The number of anilines is 1. The van der Waals surface area contributed by atoms with E-state index in [2.05, 4.69) is 26.0 Å². The molecule has 0 atom stereocenters. The average molecular weight is 460 g/mol. The van der Waals surface area contributed by atoms with Crippen molar-refractivity contribution in [2.45, 2.75) is 51.6 Å². The van der Waals surface area contributed by atoms with E-state index >= 15 is 0 Å². The molecule has 0 saturated heterocycles. The molecule has 3 aromatic heterocycles. The van der Waals surface area contributed by atoms with E-state index in [-0.39, 0.29) is 29.8 Å². The number of hydrogen-bond donors (Lipinski definition) is 3. The van der Waals surface area contributed by atoms with Crippen molar-refractivity contribution in [3.63, 3.8) is 0 Å². The number of aromatic nitrogens is 3. The molecular formula is C25H29N7O2. The Balaban J connectivity index is 1.59. The van der Waals surface area contributed by atoms with Crippen molar-refractivity contribution < 1.29 is 9.59 Å². The first-order valence-corrected chi connectivity index (χ1v) is 11.6. The number of nitriles is 1. The molecule has 4 rings (SSSR count). The molecule has 1 aliphatic rings. The van der Waals surface area contributed by atoms with Crippen LogP contribution in [0, 0.1) is 17.2 Å². The van der Waals surface area contributed by atoms with E-state index in [9.17, 15) is 9.59 Å². The minimum Gasteiger partial charge on any atom is -0.380 e. The van der Waals surface area contributed by atoms with Crippen molar-refractivity contribution in [2.24, 2.45) is 5.92 Å². The first-order valence-electron chi connectivity index (χ1n) is 11.6. The van der Waals surface area contributed by atoms with Gasteiger partial charge in [-0.1, -0.05) is 0 Å². The Bertz CT molecular complexity index is 1230. The fraction of sp³-hybridized carbons (Fsp3) is 0.400. The number of carbonyl (C=O) groups is 2. The zero-order valence-corrected chi connectivity index (χ0v) is 19.6. The van der Waals surface area contributed by atoms with Gasteiger partial charge in [0, 0.05) is 48.6 Å². The van der Waals surface area contributed by atoms with E-state index in [0.717, 1.165) is 48.0 Å². The molecule has 2 amide bonds. The molecule has 1 fully saturated rings. The van der Waals surface area contributed by atoms with Crippen LogP contribution in [-0.2, 0) is 4.79 Å². The summed E-state index contributed by atoms with van der Waals surface area (Å²) in [5.74, 6) is -0.0844. The van der Waals surface area contributed by atoms with Crippen LogP contribution in [0.5, 0.6) is 0 Å². The molecule has 0 spiro atoms. The van der Waals surface area contributed by atoms with Crippen LogP contribution in [-0.4, -0.2) is 45.5 Å². The Morgan fingerprint density at radius 1 is 1.15 bits per heavy atom. The lowest BCUT2D eigenvalue weighted by atomic mass is 9.85. The van der Waals surface area contributed by atoms with Crippen LogP contribution in [0.1, 0.15) is 55.6 Å². The zero-order valence-electron chi connectivity index (χ0n) is 19.6. The molecule has 176 valence electrons. The lowest BCUT2D eigenvalue weighted by Crippen LogP contribution is -2.40. The van der Waals surface area contributed by atoms with Crippen molar-refractivity contribution in [1.82, 2.24) is 25.2 Å². The molecule has 0 radical (unpaired) electrons. The SMILES string of the molecule is CNC(=O)C1CCC(NC(=O)c2cnn3cc(-c4ccc(C#N)nc4)cc3c2NC(C)C)CC1. The van der Waals surface area contributed by atoms with E-state index in [1.807, 2.05) is 38.2 Å². The number of amides is 2. The highest BCUT2D eigenvalue weighted by molar-refractivity contribution is 6.03. The monoisotopic (exact) mass is 459 g/mol. The number of nitrogens with one attached hydrogen (secondary N) is 3. The molecule has 0 bridgehead atoms. The highest BCUT2D eigenvalue weighted by Gasteiger charge is 2.27. The summed E-state index contributed by atoms with van der Waals surface area (Å²) in [4.78, 5) is 29.3. The van der Waals surface area contributed by atoms with Crippen LogP contribution in [0.3, 0.4) is 0 Å². The van der Waals surface area contributed by atoms with Gasteiger partial charge in [0.1, 0.15) is 11.8 Å². The van der Waals surface area contributed by atoms with Crippen LogP contribution in [0.25, 0.3) is 16.6 Å². The molecule has 1 saturated carbocycles. The van der Waals surface area contributed by atoms with Crippen LogP contribution in [0.2, 0.25) is 0 Å². The number of carbonyl (C=O) groups excluding carboxylic acids is 2. The maximum absolute atomic E-state index is 13.3. The molecule has 34 heavy (non-hydrogen) atoms. The van der Waals surface area contributed by atoms with Gasteiger partial charge in [0.15, 0.2) is 0 Å². The minimum absolute atomic E-state index is 0.0187. The number of pyridine rings is 1. The summed E-state index contributed by atoms with van der Waals surface area (Å²) in [6.07, 6.45) is 8.20. The first-order chi connectivity index (χ1) is 16.4. The summed E-state index contributed by atoms with van der Waals surface area (Å²) >= 11 is 0. The molecule has 3 heterocycles. The highest BCUT2D eigenvalue weighted by atomic mass is 16.2. The number of rotatable bonds is 6. The van der Waals surface area contributed by atoms with Crippen LogP contribution in [0.4, 0.5) is 5.69 Å². The van der Waals surface area contributed by atoms with E-state index < -0.39 is 0 Å². The van der Waals surface area contributed by atoms with E-state index in [4.69, 9.17) is 5.26 Å². The molecule has 3 N–H and O–H groups in total. The molecule has 0 unspecified atom stereocenters. The average Bonchev–Trinajstić information content (AvgIpc) is 3.29. The predicted molar refractivity (Wildman–Crippen MR) is 129 cm³/mol. The Morgan fingerprint density at radius 3 is 2.53 bits per heavy atom. The van der Waals surface area contributed by atoms with Gasteiger partial charge in [-0.2, -0.15) is 10.4 Å². The second-order valence-electron chi connectivity index (χ2n) is 8.97. The van der Waals surface area contributed by atoms with Crippen molar-refractivity contribution in [2.75, 3.05) is 12.4 Å². The summed E-state index contributed by atoms with van der Waals surface area (Å²) in [6, 6.07) is 7.65. The normalized spacial score (nSPS) is 17.9. The fourth-order valence-electron chi connectivity index (χ4n) is 4.43. The molecular weight excluding hydrogens is 430 g/mol. The summed E-state index contributed by atoms with van der Waals surface area (Å²) in [7, 11) is 1.66. The second kappa shape index (κ2) is 9.91. The molecule has 0 aromatic carbocycles. The van der Waals surface area contributed by atoms with Gasteiger partial charge in [0.05, 0.1) is 23.0 Å². The van der Waals surface area contributed by atoms with Gasteiger partial charge in [0.2, 0.25) is 5.91 Å². The Labute approximate surface area is 198 Å². The molecule has 0 aliphatic heterocycles. The smallest absolute Gasteiger partial charge is 0.255 e. The quantitative estimate of drug-likeness (QED) is 0.520. The summed E-state index contributed by atoms with van der Waals surface area (Å²) in [5, 5.41) is 22.7. The minimum atomic E-state index is -0.177. The third-order valence-corrected chi connectivity index (χ3v) is 6.21. The molecule has 9 heteroatoms. The lowest BCUT2D eigenvalue weighted by Gasteiger charge is -2.28. The Morgan fingerprint density at radius 2 is 1.91 bits per heavy atom. The second-order valence-corrected chi connectivity index (χ2v) is 8.97. The van der Waals surface area contributed by atoms with Crippen molar-refractivity contribution >= 4 is 23.0 Å². The van der Waals surface area contributed by atoms with Gasteiger partial charge in [0.25, 0.3) is 5.91 Å². The Kier molecular flexibility index (Phi) is 6.77. The third kappa shape index (κ3) is 4.86. The van der Waals surface area contributed by atoms with E-state index in [1.54, 1.807) is 30.0 Å². The maximum atomic E-state index is 13.3. The fourth-order valence-corrected chi connectivity index (χ4v) is 4.43. The standard InChI is InChI=1S/C25H29N7O2/c1-15(2)30-23-21(25(34)31-19-7-4-16(5-8-19)24(33)27-3)13-29-32-14-18(10-22(23)32)17-6-9-20(11-26)28-12-17/h6,9-10,12-16,19,30H,4-5,7-8H2,1-3H3,(H,27,33)(H,31,34). The number of nitrogens with zero attached hydrogens (tertiary/aromatic N) is 4. The summed E-state index contributed by atoms with van der Waals surface area (Å²) < 4.78 is 1.74. The molecule has 9 nitrogen and oxygen atoms in total. The summed E-state index contributed by atoms with van der Waals surface area (Å²) in [5.41, 5.74) is 4.09. The van der Waals surface area contributed by atoms with Crippen molar-refractivity contribution in [1.29, 1.82) is 5.26 Å². The number of hydrogen-bond acceptors (Lipinski definition) is 6. The molecule has 3 aromatic rings. The van der Waals surface area contributed by atoms with Crippen molar-refractivity contribution in [3.05, 3.63) is 48.0 Å². The van der Waals surface area contributed by atoms with E-state index in [0.29, 0.717) is 11.3 Å². The molecule has 1 aliphatic carbocycles. The van der Waals surface area contributed by atoms with Gasteiger partial charge in [-0.05, 0) is 57.7 Å². The third-order valence-electron chi connectivity index (χ3n) is 6.21. The Hall–Kier alpha value is -3.93. The van der Waals surface area contributed by atoms with Crippen LogP contribution < -0.4 is 16.0 Å². The van der Waals surface area contributed by atoms with Gasteiger partial charge in [-0.15, -0.1) is 0 Å². The highest BCUT2D eigenvalue weighted by Crippen LogP contribution is 2.30. The first kappa shape index (κ1) is 23.2. The van der Waals surface area contributed by atoms with Crippen LogP contribution >= 0.6 is 0 Å². The summed E-state index contributed by atoms with van der Waals surface area (Å²) in [6.45, 7) is 4.04. The maximum Gasteiger partial charge on any atom is 0.255 e. The topological polar surface area (TPSA) is 124 Å². The zero-order chi connectivity index (χ0) is 24.2. The van der Waals surface area contributed by atoms with Gasteiger partial charge in [-0.25, -0.2) is 9.50 Å².